The summed E-state index contributed by atoms with van der Waals surface area (Å²) in [5, 5.41) is 11.1. The first kappa shape index (κ1) is 7.75. The summed E-state index contributed by atoms with van der Waals surface area (Å²) in [4.78, 5) is 0. The summed E-state index contributed by atoms with van der Waals surface area (Å²) in [6.07, 6.45) is 1.34. The highest BCUT2D eigenvalue weighted by molar-refractivity contribution is 5.79. The summed E-state index contributed by atoms with van der Waals surface area (Å²) >= 11 is 0. The number of benzene rings is 1. The molecule has 0 heterocycles. The van der Waals surface area contributed by atoms with Crippen molar-refractivity contribution in [2.75, 3.05) is 0 Å². The van der Waals surface area contributed by atoms with Gasteiger partial charge in [0.05, 0.1) is 6.21 Å². The third-order valence-electron chi connectivity index (χ3n) is 1.31. The number of nitrogens with zero attached hydrogens (tertiary/aromatic N) is 1. The second kappa shape index (κ2) is 3.73. The predicted octanol–water partition coefficient (Wildman–Crippen LogP) is 0.754. The Labute approximate surface area is 65.1 Å². The molecule has 0 aliphatic heterocycles. The van der Waals surface area contributed by atoms with Gasteiger partial charge in [-0.2, -0.15) is 0 Å². The van der Waals surface area contributed by atoms with Crippen LogP contribution in [0.25, 0.3) is 0 Å². The summed E-state index contributed by atoms with van der Waals surface area (Å²) in [6, 6.07) is 8.25. The van der Waals surface area contributed by atoms with Gasteiger partial charge >= 0.3 is 0 Å². The lowest BCUT2D eigenvalue weighted by molar-refractivity contribution is 0.322. The Morgan fingerprint density at radius 2 is 2.45 bits per heavy atom. The predicted molar refractivity (Wildman–Crippen MR) is 42.5 cm³/mol. The number of hydrogen-bond acceptors (Lipinski definition) is 3. The maximum absolute atomic E-state index is 8.21. The van der Waals surface area contributed by atoms with Gasteiger partial charge in [-0.3, -0.25) is 0 Å². The maximum atomic E-state index is 8.21. The molecule has 1 rings (SSSR count). The van der Waals surface area contributed by atoms with Gasteiger partial charge < -0.3 is 10.9 Å². The molecular formula is C8H9N2O. The van der Waals surface area contributed by atoms with Crippen LogP contribution < -0.4 is 5.73 Å². The number of hydrogen-bond donors (Lipinski definition) is 2. The Morgan fingerprint density at radius 1 is 1.64 bits per heavy atom. The standard InChI is InChI=1S/C8H9N2O/c9-5-7-2-1-3-8(4-7)6-10-11/h2-4,6,11H,5,9H2. The first-order chi connectivity index (χ1) is 5.36. The van der Waals surface area contributed by atoms with Crippen LogP contribution >= 0.6 is 0 Å². The van der Waals surface area contributed by atoms with Crippen LogP contribution in [0.15, 0.2) is 23.4 Å². The van der Waals surface area contributed by atoms with Crippen LogP contribution in [0.1, 0.15) is 11.1 Å². The zero-order valence-electron chi connectivity index (χ0n) is 5.99. The minimum Gasteiger partial charge on any atom is -0.411 e. The van der Waals surface area contributed by atoms with Crippen molar-refractivity contribution in [1.82, 2.24) is 0 Å². The summed E-state index contributed by atoms with van der Waals surface area (Å²) in [7, 11) is 0. The third kappa shape index (κ3) is 2.05. The molecule has 0 aromatic heterocycles. The molecule has 3 heteroatoms. The van der Waals surface area contributed by atoms with E-state index in [1.54, 1.807) is 12.1 Å². The van der Waals surface area contributed by atoms with E-state index in [1.165, 1.54) is 6.21 Å². The normalized spacial score (nSPS) is 10.6. The molecule has 11 heavy (non-hydrogen) atoms. The van der Waals surface area contributed by atoms with Crippen molar-refractivity contribution in [2.24, 2.45) is 10.9 Å². The van der Waals surface area contributed by atoms with Gasteiger partial charge in [-0.05, 0) is 35.4 Å². The largest absolute Gasteiger partial charge is 0.411 e. The van der Waals surface area contributed by atoms with E-state index >= 15 is 0 Å². The second-order valence-electron chi connectivity index (χ2n) is 2.12. The molecule has 0 amide bonds. The van der Waals surface area contributed by atoms with Gasteiger partial charge in [0.25, 0.3) is 0 Å². The van der Waals surface area contributed by atoms with Crippen LogP contribution in [0.4, 0.5) is 0 Å². The number of rotatable bonds is 2. The van der Waals surface area contributed by atoms with Crippen LogP contribution in [-0.4, -0.2) is 11.4 Å². The second-order valence-corrected chi connectivity index (χ2v) is 2.12. The van der Waals surface area contributed by atoms with E-state index in [0.29, 0.717) is 6.54 Å². The maximum Gasteiger partial charge on any atom is 0.0734 e. The lowest BCUT2D eigenvalue weighted by atomic mass is 10.1. The number of oxime groups is 1. The summed E-state index contributed by atoms with van der Waals surface area (Å²) in [5.74, 6) is 0. The third-order valence-corrected chi connectivity index (χ3v) is 1.31. The van der Waals surface area contributed by atoms with Gasteiger partial charge in [-0.25, -0.2) is 0 Å². The average Bonchev–Trinajstić information content (AvgIpc) is 2.06. The molecule has 3 N–H and O–H groups in total. The van der Waals surface area contributed by atoms with Crippen molar-refractivity contribution in [3.63, 3.8) is 0 Å². The van der Waals surface area contributed by atoms with Crippen molar-refractivity contribution in [2.45, 2.75) is 6.54 Å². The Hall–Kier alpha value is -1.35. The monoisotopic (exact) mass is 149 g/mol. The molecule has 0 saturated heterocycles. The van der Waals surface area contributed by atoms with E-state index in [-0.39, 0.29) is 0 Å². The Bertz CT molecular complexity index is 258. The van der Waals surface area contributed by atoms with Crippen molar-refractivity contribution in [3.8, 4) is 0 Å². The van der Waals surface area contributed by atoms with E-state index in [9.17, 15) is 0 Å². The van der Waals surface area contributed by atoms with E-state index in [4.69, 9.17) is 10.9 Å². The SMILES string of the molecule is NCc1c[c]cc(C=NO)c1. The van der Waals surface area contributed by atoms with Gasteiger partial charge in [0.1, 0.15) is 0 Å². The smallest absolute Gasteiger partial charge is 0.0734 e. The molecule has 0 aliphatic rings. The fourth-order valence-corrected chi connectivity index (χ4v) is 0.801. The molecule has 57 valence electrons. The molecule has 0 fully saturated rings. The molecule has 0 atom stereocenters. The van der Waals surface area contributed by atoms with Crippen molar-refractivity contribution >= 4 is 6.21 Å². The molecular weight excluding hydrogens is 140 g/mol. The molecule has 0 saturated carbocycles. The fraction of sp³-hybridized carbons (Fsp3) is 0.125. The van der Waals surface area contributed by atoms with E-state index in [0.717, 1.165) is 11.1 Å². The topological polar surface area (TPSA) is 58.6 Å². The summed E-state index contributed by atoms with van der Waals surface area (Å²) < 4.78 is 0. The zero-order chi connectivity index (χ0) is 8.10. The Balaban J connectivity index is 2.91. The minimum absolute atomic E-state index is 0.476. The quantitative estimate of drug-likeness (QED) is 0.370. The highest BCUT2D eigenvalue weighted by atomic mass is 16.4. The molecule has 1 aromatic carbocycles. The Kier molecular flexibility index (Phi) is 2.63. The highest BCUT2D eigenvalue weighted by Gasteiger charge is 1.90. The van der Waals surface area contributed by atoms with E-state index in [2.05, 4.69) is 11.2 Å². The molecule has 0 bridgehead atoms. The lowest BCUT2D eigenvalue weighted by Gasteiger charge is -1.95. The van der Waals surface area contributed by atoms with Gasteiger partial charge in [-0.1, -0.05) is 5.16 Å². The number of nitrogens with two attached hydrogens (primary N) is 1. The van der Waals surface area contributed by atoms with Gasteiger partial charge in [-0.15, -0.1) is 0 Å². The fourth-order valence-electron chi connectivity index (χ4n) is 0.801. The van der Waals surface area contributed by atoms with Gasteiger partial charge in [0.15, 0.2) is 0 Å². The van der Waals surface area contributed by atoms with E-state index < -0.39 is 0 Å². The van der Waals surface area contributed by atoms with Crippen molar-refractivity contribution < 1.29 is 5.21 Å². The van der Waals surface area contributed by atoms with Crippen LogP contribution in [0, 0.1) is 6.07 Å². The molecule has 3 nitrogen and oxygen atoms in total. The van der Waals surface area contributed by atoms with Crippen LogP contribution in [0.3, 0.4) is 0 Å². The van der Waals surface area contributed by atoms with E-state index in [1.807, 2.05) is 6.07 Å². The molecule has 1 radical (unpaired) electrons. The first-order valence-electron chi connectivity index (χ1n) is 3.24. The zero-order valence-corrected chi connectivity index (χ0v) is 5.99. The van der Waals surface area contributed by atoms with Gasteiger partial charge in [0, 0.05) is 6.54 Å². The Morgan fingerprint density at radius 3 is 3.09 bits per heavy atom. The summed E-state index contributed by atoms with van der Waals surface area (Å²) in [6.45, 7) is 0.476. The van der Waals surface area contributed by atoms with Crippen LogP contribution in [0.5, 0.6) is 0 Å². The van der Waals surface area contributed by atoms with Gasteiger partial charge in [0.2, 0.25) is 0 Å². The summed E-state index contributed by atoms with van der Waals surface area (Å²) in [5.41, 5.74) is 7.16. The molecule has 0 unspecified atom stereocenters. The minimum atomic E-state index is 0.476. The van der Waals surface area contributed by atoms with Crippen LogP contribution in [0.2, 0.25) is 0 Å². The average molecular weight is 149 g/mol. The first-order valence-corrected chi connectivity index (χ1v) is 3.24. The van der Waals surface area contributed by atoms with Crippen LogP contribution in [-0.2, 0) is 6.54 Å². The molecule has 0 spiro atoms. The molecule has 1 aromatic rings. The van der Waals surface area contributed by atoms with Crippen molar-refractivity contribution in [3.05, 3.63) is 35.4 Å². The highest BCUT2D eigenvalue weighted by Crippen LogP contribution is 2.00. The lowest BCUT2D eigenvalue weighted by Crippen LogP contribution is -1.96. The molecule has 0 aliphatic carbocycles. The van der Waals surface area contributed by atoms with Crippen molar-refractivity contribution in [1.29, 1.82) is 0 Å².